The van der Waals surface area contributed by atoms with E-state index in [1.165, 1.54) is 0 Å². The number of hydrogen-bond acceptors (Lipinski definition) is 4. The molecule has 0 aliphatic rings. The Bertz CT molecular complexity index is 663. The van der Waals surface area contributed by atoms with E-state index in [9.17, 15) is 8.42 Å². The normalized spacial score (nSPS) is 13.3. The van der Waals surface area contributed by atoms with Crippen molar-refractivity contribution >= 4 is 26.0 Å². The highest BCUT2D eigenvalue weighted by atomic mass is 79.9. The fourth-order valence-electron chi connectivity index (χ4n) is 1.89. The average Bonchev–Trinajstić information content (AvgIpc) is 2.77. The first kappa shape index (κ1) is 15.2. The van der Waals surface area contributed by atoms with Crippen molar-refractivity contribution in [3.8, 4) is 0 Å². The van der Waals surface area contributed by atoms with Gasteiger partial charge in [-0.05, 0) is 19.4 Å². The minimum atomic E-state index is -3.62. The maximum Gasteiger partial charge on any atom is 0.246 e. The molecule has 0 fully saturated rings. The van der Waals surface area contributed by atoms with E-state index in [1.54, 1.807) is 13.8 Å². The lowest BCUT2D eigenvalue weighted by Crippen LogP contribution is -2.27. The van der Waals surface area contributed by atoms with E-state index in [0.717, 1.165) is 5.56 Å². The second-order valence-electron chi connectivity index (χ2n) is 4.38. The van der Waals surface area contributed by atoms with Crippen LogP contribution in [0.2, 0.25) is 0 Å². The molecule has 7 heteroatoms. The fraction of sp³-hybridized carbons (Fsp3) is 0.308. The van der Waals surface area contributed by atoms with Gasteiger partial charge >= 0.3 is 0 Å². The molecule has 1 unspecified atom stereocenters. The van der Waals surface area contributed by atoms with Gasteiger partial charge in [0.1, 0.15) is 10.6 Å². The molecular weight excluding hydrogens is 344 g/mol. The molecule has 0 radical (unpaired) electrons. The summed E-state index contributed by atoms with van der Waals surface area (Å²) in [5, 5.41) is 3.66. The predicted octanol–water partition coefficient (Wildman–Crippen LogP) is 2.71. The van der Waals surface area contributed by atoms with Crippen LogP contribution in [-0.2, 0) is 10.0 Å². The van der Waals surface area contributed by atoms with E-state index < -0.39 is 10.0 Å². The van der Waals surface area contributed by atoms with E-state index in [1.807, 2.05) is 30.3 Å². The highest BCUT2D eigenvalue weighted by molar-refractivity contribution is 9.09. The number of sulfonamides is 1. The lowest BCUT2D eigenvalue weighted by atomic mass is 10.2. The summed E-state index contributed by atoms with van der Waals surface area (Å²) in [7, 11) is -3.62. The van der Waals surface area contributed by atoms with Crippen molar-refractivity contribution in [2.45, 2.75) is 23.6 Å². The molecule has 20 heavy (non-hydrogen) atoms. The van der Waals surface area contributed by atoms with E-state index in [2.05, 4.69) is 25.8 Å². The van der Waals surface area contributed by atoms with Gasteiger partial charge in [0.2, 0.25) is 10.0 Å². The van der Waals surface area contributed by atoms with Gasteiger partial charge in [0, 0.05) is 6.54 Å². The van der Waals surface area contributed by atoms with Crippen LogP contribution >= 0.6 is 15.9 Å². The van der Waals surface area contributed by atoms with Crippen LogP contribution < -0.4 is 4.72 Å². The topological polar surface area (TPSA) is 72.2 Å². The molecule has 0 saturated heterocycles. The number of rotatable bonds is 5. The molecular formula is C13H15BrN2O3S. The van der Waals surface area contributed by atoms with Crippen molar-refractivity contribution in [1.29, 1.82) is 0 Å². The van der Waals surface area contributed by atoms with Gasteiger partial charge in [-0.1, -0.05) is 51.4 Å². The van der Waals surface area contributed by atoms with Gasteiger partial charge in [0.05, 0.1) is 4.83 Å². The van der Waals surface area contributed by atoms with Gasteiger partial charge in [-0.25, -0.2) is 13.1 Å². The maximum atomic E-state index is 12.2. The highest BCUT2D eigenvalue weighted by Gasteiger charge is 2.24. The van der Waals surface area contributed by atoms with Gasteiger partial charge in [0.25, 0.3) is 0 Å². The molecule has 1 aromatic carbocycles. The minimum Gasteiger partial charge on any atom is -0.360 e. The van der Waals surface area contributed by atoms with Crippen molar-refractivity contribution in [3.05, 3.63) is 47.3 Å². The second kappa shape index (κ2) is 6.07. The number of benzene rings is 1. The number of aryl methyl sites for hydroxylation is 2. The number of aromatic nitrogens is 1. The predicted molar refractivity (Wildman–Crippen MR) is 79.3 cm³/mol. The van der Waals surface area contributed by atoms with Crippen LogP contribution in [0, 0.1) is 13.8 Å². The molecule has 0 aliphatic carbocycles. The molecule has 2 rings (SSSR count). The van der Waals surface area contributed by atoms with Crippen molar-refractivity contribution in [1.82, 2.24) is 9.88 Å². The molecule has 0 bridgehead atoms. The third kappa shape index (κ3) is 3.28. The Balaban J connectivity index is 2.11. The molecule has 1 aromatic heterocycles. The third-order valence-electron chi connectivity index (χ3n) is 2.85. The molecule has 0 amide bonds. The number of hydrogen-bond donors (Lipinski definition) is 1. The molecule has 108 valence electrons. The fourth-order valence-corrected chi connectivity index (χ4v) is 3.95. The summed E-state index contributed by atoms with van der Waals surface area (Å²) >= 11 is 3.47. The first-order valence-electron chi connectivity index (χ1n) is 6.03. The van der Waals surface area contributed by atoms with Crippen LogP contribution in [-0.4, -0.2) is 20.1 Å². The van der Waals surface area contributed by atoms with Gasteiger partial charge in [0.15, 0.2) is 5.76 Å². The summed E-state index contributed by atoms with van der Waals surface area (Å²) in [5.41, 5.74) is 1.37. The molecule has 1 atom stereocenters. The Morgan fingerprint density at radius 3 is 2.50 bits per heavy atom. The van der Waals surface area contributed by atoms with Crippen molar-refractivity contribution in [3.63, 3.8) is 0 Å². The Labute approximate surface area is 126 Å². The lowest BCUT2D eigenvalue weighted by molar-refractivity contribution is 0.390. The molecule has 5 nitrogen and oxygen atoms in total. The first-order valence-corrected chi connectivity index (χ1v) is 8.43. The standard InChI is InChI=1S/C13H15BrN2O3S/c1-9-13(10(2)19-16-9)20(17,18)15-8-12(14)11-6-4-3-5-7-11/h3-7,12,15H,8H2,1-2H3. The Hall–Kier alpha value is -1.18. The summed E-state index contributed by atoms with van der Waals surface area (Å²) in [4.78, 5) is 0.0178. The molecule has 0 saturated carbocycles. The summed E-state index contributed by atoms with van der Waals surface area (Å²) in [6, 6.07) is 9.60. The van der Waals surface area contributed by atoms with Crippen LogP contribution in [0.4, 0.5) is 0 Å². The number of halogens is 1. The Morgan fingerprint density at radius 1 is 1.30 bits per heavy atom. The number of nitrogens with zero attached hydrogens (tertiary/aromatic N) is 1. The summed E-state index contributed by atoms with van der Waals surface area (Å²) < 4.78 is 31.9. The SMILES string of the molecule is Cc1noc(C)c1S(=O)(=O)NCC(Br)c1ccccc1. The zero-order valence-corrected chi connectivity index (χ0v) is 13.5. The molecule has 0 spiro atoms. The van der Waals surface area contributed by atoms with Crippen molar-refractivity contribution < 1.29 is 12.9 Å². The van der Waals surface area contributed by atoms with E-state index in [0.29, 0.717) is 11.5 Å². The molecule has 1 N–H and O–H groups in total. The zero-order valence-electron chi connectivity index (χ0n) is 11.1. The van der Waals surface area contributed by atoms with Crippen LogP contribution in [0.15, 0.2) is 39.8 Å². The monoisotopic (exact) mass is 358 g/mol. The van der Waals surface area contributed by atoms with Gasteiger partial charge in [-0.3, -0.25) is 0 Å². The first-order chi connectivity index (χ1) is 9.42. The van der Waals surface area contributed by atoms with Gasteiger partial charge < -0.3 is 4.52 Å². The average molecular weight is 359 g/mol. The van der Waals surface area contributed by atoms with Crippen LogP contribution in [0.3, 0.4) is 0 Å². The Morgan fingerprint density at radius 2 is 1.95 bits per heavy atom. The van der Waals surface area contributed by atoms with Crippen molar-refractivity contribution in [2.75, 3.05) is 6.54 Å². The third-order valence-corrected chi connectivity index (χ3v) is 5.37. The largest absolute Gasteiger partial charge is 0.360 e. The van der Waals surface area contributed by atoms with Crippen molar-refractivity contribution in [2.24, 2.45) is 0 Å². The Kier molecular flexibility index (Phi) is 4.62. The zero-order chi connectivity index (χ0) is 14.8. The lowest BCUT2D eigenvalue weighted by Gasteiger charge is -2.11. The maximum absolute atomic E-state index is 12.2. The molecule has 0 aliphatic heterocycles. The summed E-state index contributed by atoms with van der Waals surface area (Å²) in [6.07, 6.45) is 0. The minimum absolute atomic E-state index is 0.0982. The van der Waals surface area contributed by atoms with E-state index in [4.69, 9.17) is 4.52 Å². The van der Waals surface area contributed by atoms with E-state index in [-0.39, 0.29) is 16.3 Å². The van der Waals surface area contributed by atoms with Crippen LogP contribution in [0.25, 0.3) is 0 Å². The number of alkyl halides is 1. The molecule has 2 aromatic rings. The van der Waals surface area contributed by atoms with Gasteiger partial charge in [-0.15, -0.1) is 0 Å². The second-order valence-corrected chi connectivity index (χ2v) is 7.19. The highest BCUT2D eigenvalue weighted by Crippen LogP contribution is 2.23. The van der Waals surface area contributed by atoms with Crippen LogP contribution in [0.1, 0.15) is 21.8 Å². The van der Waals surface area contributed by atoms with Crippen LogP contribution in [0.5, 0.6) is 0 Å². The smallest absolute Gasteiger partial charge is 0.246 e. The summed E-state index contributed by atoms with van der Waals surface area (Å²) in [6.45, 7) is 3.43. The number of nitrogens with one attached hydrogen (secondary N) is 1. The van der Waals surface area contributed by atoms with Gasteiger partial charge in [-0.2, -0.15) is 0 Å². The quantitative estimate of drug-likeness (QED) is 0.834. The molecule has 1 heterocycles. The van der Waals surface area contributed by atoms with E-state index >= 15 is 0 Å². The summed E-state index contributed by atoms with van der Waals surface area (Å²) in [5.74, 6) is 0.292.